The van der Waals surface area contributed by atoms with E-state index in [-0.39, 0.29) is 12.1 Å². The number of benzene rings is 1. The first kappa shape index (κ1) is 18.4. The third-order valence-corrected chi connectivity index (χ3v) is 6.08. The molecule has 7 heteroatoms. The lowest BCUT2D eigenvalue weighted by molar-refractivity contribution is -0.0167. The monoisotopic (exact) mass is 395 g/mol. The molecule has 0 bridgehead atoms. The Bertz CT molecular complexity index is 1050. The largest absolute Gasteiger partial charge is 0.492 e. The zero-order chi connectivity index (χ0) is 20.1. The minimum absolute atomic E-state index is 0.0837. The van der Waals surface area contributed by atoms with Crippen LogP contribution in [0.3, 0.4) is 0 Å². The van der Waals surface area contributed by atoms with E-state index in [9.17, 15) is 10.2 Å². The molecule has 0 spiro atoms. The van der Waals surface area contributed by atoms with E-state index in [1.807, 2.05) is 48.0 Å². The second kappa shape index (κ2) is 7.02. The van der Waals surface area contributed by atoms with Crippen molar-refractivity contribution in [1.29, 1.82) is 0 Å². The summed E-state index contributed by atoms with van der Waals surface area (Å²) in [5.74, 6) is 1.42. The van der Waals surface area contributed by atoms with Crippen LogP contribution in [0.1, 0.15) is 23.6 Å². The average Bonchev–Trinajstić information content (AvgIpc) is 3.26. The van der Waals surface area contributed by atoms with Crippen molar-refractivity contribution in [3.8, 4) is 11.5 Å². The summed E-state index contributed by atoms with van der Waals surface area (Å²) in [5, 5.41) is 22.5. The molecule has 1 aliphatic heterocycles. The topological polar surface area (TPSA) is 103 Å². The summed E-state index contributed by atoms with van der Waals surface area (Å²) in [6.45, 7) is 2.52. The van der Waals surface area contributed by atoms with Crippen molar-refractivity contribution < 1.29 is 19.7 Å². The molecule has 5 atom stereocenters. The number of pyridine rings is 1. The second-order valence-corrected chi connectivity index (χ2v) is 8.04. The SMILES string of the molecule is Cc1ccnc2c1ccn2[C@@H]1C[C@H](Oc2cccc3c2C[C@H](N)CO3)[C@@H](O)[C@H]1O. The van der Waals surface area contributed by atoms with E-state index in [1.54, 1.807) is 6.20 Å². The molecule has 3 heterocycles. The summed E-state index contributed by atoms with van der Waals surface area (Å²) in [6.07, 6.45) is 2.32. The maximum Gasteiger partial charge on any atom is 0.140 e. The number of fused-ring (bicyclic) bond motifs is 2. The minimum Gasteiger partial charge on any atom is -0.492 e. The Hall–Kier alpha value is -2.61. The molecule has 3 aromatic rings. The van der Waals surface area contributed by atoms with Gasteiger partial charge in [-0.15, -0.1) is 0 Å². The summed E-state index contributed by atoms with van der Waals surface area (Å²) >= 11 is 0. The number of aliphatic hydroxyl groups is 2. The van der Waals surface area contributed by atoms with Gasteiger partial charge in [0.15, 0.2) is 0 Å². The molecule has 1 aliphatic carbocycles. The van der Waals surface area contributed by atoms with Crippen molar-refractivity contribution in [2.75, 3.05) is 6.61 Å². The average molecular weight is 395 g/mol. The van der Waals surface area contributed by atoms with Crippen molar-refractivity contribution in [3.05, 3.63) is 53.9 Å². The van der Waals surface area contributed by atoms with Gasteiger partial charge in [-0.1, -0.05) is 6.07 Å². The molecular formula is C22H25N3O4. The normalized spacial score (nSPS) is 28.9. The molecule has 152 valence electrons. The number of aliphatic hydroxyl groups excluding tert-OH is 2. The van der Waals surface area contributed by atoms with Gasteiger partial charge in [0, 0.05) is 35.8 Å². The molecule has 0 saturated heterocycles. The summed E-state index contributed by atoms with van der Waals surface area (Å²) in [7, 11) is 0. The van der Waals surface area contributed by atoms with Gasteiger partial charge in [0.05, 0.1) is 6.04 Å². The van der Waals surface area contributed by atoms with E-state index in [2.05, 4.69) is 4.98 Å². The van der Waals surface area contributed by atoms with E-state index in [1.165, 1.54) is 0 Å². The second-order valence-electron chi connectivity index (χ2n) is 8.04. The van der Waals surface area contributed by atoms with Gasteiger partial charge >= 0.3 is 0 Å². The van der Waals surface area contributed by atoms with Crippen LogP contribution < -0.4 is 15.2 Å². The number of rotatable bonds is 3. The lowest BCUT2D eigenvalue weighted by Gasteiger charge is -2.26. The molecule has 29 heavy (non-hydrogen) atoms. The Morgan fingerprint density at radius 2 is 2.07 bits per heavy atom. The van der Waals surface area contributed by atoms with Crippen LogP contribution in [0.4, 0.5) is 0 Å². The number of nitrogens with two attached hydrogens (primary N) is 1. The Morgan fingerprint density at radius 3 is 2.93 bits per heavy atom. The molecule has 2 aromatic heterocycles. The Balaban J connectivity index is 1.43. The van der Waals surface area contributed by atoms with Crippen LogP contribution in [-0.4, -0.2) is 50.7 Å². The number of aryl methyl sites for hydroxylation is 1. The van der Waals surface area contributed by atoms with Gasteiger partial charge < -0.3 is 30.0 Å². The fourth-order valence-electron chi connectivity index (χ4n) is 4.49. The summed E-state index contributed by atoms with van der Waals surface area (Å²) in [6, 6.07) is 9.19. The van der Waals surface area contributed by atoms with Crippen molar-refractivity contribution in [2.24, 2.45) is 5.73 Å². The van der Waals surface area contributed by atoms with Gasteiger partial charge in [-0.25, -0.2) is 4.98 Å². The van der Waals surface area contributed by atoms with E-state index in [4.69, 9.17) is 15.2 Å². The van der Waals surface area contributed by atoms with Crippen molar-refractivity contribution in [3.63, 3.8) is 0 Å². The number of aromatic nitrogens is 2. The van der Waals surface area contributed by atoms with Gasteiger partial charge in [0.25, 0.3) is 0 Å². The van der Waals surface area contributed by atoms with Crippen molar-refractivity contribution in [2.45, 2.75) is 50.2 Å². The third kappa shape index (κ3) is 3.06. The highest BCUT2D eigenvalue weighted by molar-refractivity contribution is 5.79. The molecule has 1 fully saturated rings. The summed E-state index contributed by atoms with van der Waals surface area (Å²) in [5.41, 5.74) is 8.89. The maximum atomic E-state index is 10.8. The van der Waals surface area contributed by atoms with Gasteiger partial charge in [0.2, 0.25) is 0 Å². The molecule has 1 saturated carbocycles. The molecule has 5 rings (SSSR count). The van der Waals surface area contributed by atoms with Crippen LogP contribution >= 0.6 is 0 Å². The number of ether oxygens (including phenoxy) is 2. The number of hydrogen-bond donors (Lipinski definition) is 3. The zero-order valence-corrected chi connectivity index (χ0v) is 16.2. The molecule has 0 radical (unpaired) electrons. The molecule has 4 N–H and O–H groups in total. The smallest absolute Gasteiger partial charge is 0.140 e. The van der Waals surface area contributed by atoms with Gasteiger partial charge in [-0.05, 0) is 43.2 Å². The third-order valence-electron chi connectivity index (χ3n) is 6.08. The van der Waals surface area contributed by atoms with Crippen LogP contribution in [0.5, 0.6) is 11.5 Å². The highest BCUT2D eigenvalue weighted by Gasteiger charge is 2.44. The minimum atomic E-state index is -1.00. The molecule has 1 aromatic carbocycles. The van der Waals surface area contributed by atoms with E-state index in [0.29, 0.717) is 25.2 Å². The molecule has 7 nitrogen and oxygen atoms in total. The molecule has 0 amide bonds. The summed E-state index contributed by atoms with van der Waals surface area (Å²) < 4.78 is 13.8. The van der Waals surface area contributed by atoms with Crippen LogP contribution in [-0.2, 0) is 6.42 Å². The first-order chi connectivity index (χ1) is 14.0. The van der Waals surface area contributed by atoms with Crippen LogP contribution in [0, 0.1) is 6.92 Å². The first-order valence-corrected chi connectivity index (χ1v) is 9.98. The van der Waals surface area contributed by atoms with Crippen LogP contribution in [0.2, 0.25) is 0 Å². The predicted molar refractivity (Wildman–Crippen MR) is 108 cm³/mol. The fraction of sp³-hybridized carbons (Fsp3) is 0.409. The lowest BCUT2D eigenvalue weighted by atomic mass is 10.0. The maximum absolute atomic E-state index is 10.8. The van der Waals surface area contributed by atoms with Crippen LogP contribution in [0.15, 0.2) is 42.7 Å². The zero-order valence-electron chi connectivity index (χ0n) is 16.2. The fourth-order valence-corrected chi connectivity index (χ4v) is 4.49. The van der Waals surface area contributed by atoms with E-state index in [0.717, 1.165) is 27.9 Å². The van der Waals surface area contributed by atoms with Gasteiger partial charge in [-0.2, -0.15) is 0 Å². The Labute approximate surface area is 168 Å². The highest BCUT2D eigenvalue weighted by Crippen LogP contribution is 2.39. The van der Waals surface area contributed by atoms with Crippen LogP contribution in [0.25, 0.3) is 11.0 Å². The molecule has 2 aliphatic rings. The quantitative estimate of drug-likeness (QED) is 0.624. The van der Waals surface area contributed by atoms with Gasteiger partial charge in [0.1, 0.15) is 42.1 Å². The lowest BCUT2D eigenvalue weighted by Crippen LogP contribution is -2.36. The van der Waals surface area contributed by atoms with Crippen molar-refractivity contribution in [1.82, 2.24) is 9.55 Å². The van der Waals surface area contributed by atoms with E-state index < -0.39 is 18.3 Å². The molecular weight excluding hydrogens is 370 g/mol. The van der Waals surface area contributed by atoms with E-state index >= 15 is 0 Å². The Morgan fingerprint density at radius 1 is 1.21 bits per heavy atom. The number of hydrogen-bond acceptors (Lipinski definition) is 6. The predicted octanol–water partition coefficient (Wildman–Crippen LogP) is 1.72. The number of nitrogens with zero attached hydrogens (tertiary/aromatic N) is 2. The summed E-state index contributed by atoms with van der Waals surface area (Å²) in [4.78, 5) is 4.48. The van der Waals surface area contributed by atoms with Gasteiger partial charge in [-0.3, -0.25) is 0 Å². The highest BCUT2D eigenvalue weighted by atomic mass is 16.5. The Kier molecular flexibility index (Phi) is 4.46. The van der Waals surface area contributed by atoms with Crippen molar-refractivity contribution >= 4 is 11.0 Å². The first-order valence-electron chi connectivity index (χ1n) is 9.98. The molecule has 0 unspecified atom stereocenters. The standard InChI is InChI=1S/C22H25N3O4/c1-12-5-7-24-22-14(12)6-8-25(22)16-10-19(21(27)20(16)26)29-18-4-2-3-17-15(18)9-13(23)11-28-17/h2-8,13,16,19-21,26-27H,9-11,23H2,1H3/t13-,16+,19-,20-,21+/m0/s1.